The van der Waals surface area contributed by atoms with E-state index in [9.17, 15) is 0 Å². The lowest BCUT2D eigenvalue weighted by Crippen LogP contribution is -2.47. The zero-order valence-electron chi connectivity index (χ0n) is 15.9. The second-order valence-electron chi connectivity index (χ2n) is 6.74. The Morgan fingerprint density at radius 3 is 2.68 bits per heavy atom. The Morgan fingerprint density at radius 2 is 2.04 bits per heavy atom. The van der Waals surface area contributed by atoms with Gasteiger partial charge >= 0.3 is 0 Å². The molecule has 1 aromatic carbocycles. The van der Waals surface area contributed by atoms with Gasteiger partial charge in [0.1, 0.15) is 5.75 Å². The molecule has 25 heavy (non-hydrogen) atoms. The smallest absolute Gasteiger partial charge is 0.191 e. The maximum Gasteiger partial charge on any atom is 0.191 e. The zero-order valence-corrected chi connectivity index (χ0v) is 15.9. The van der Waals surface area contributed by atoms with Gasteiger partial charge < -0.3 is 20.1 Å². The molecule has 0 aliphatic heterocycles. The molecule has 0 saturated heterocycles. The summed E-state index contributed by atoms with van der Waals surface area (Å²) in [5.41, 5.74) is 1.61. The predicted octanol–water partition coefficient (Wildman–Crippen LogP) is 3.00. The van der Waals surface area contributed by atoms with Crippen LogP contribution in [0, 0.1) is 5.41 Å². The summed E-state index contributed by atoms with van der Waals surface area (Å²) in [6.07, 6.45) is 5.91. The molecule has 2 rings (SSSR count). The quantitative estimate of drug-likeness (QED) is 0.505. The second kappa shape index (κ2) is 10.3. The monoisotopic (exact) mass is 347 g/mol. The Morgan fingerprint density at radius 1 is 1.24 bits per heavy atom. The molecule has 5 nitrogen and oxygen atoms in total. The predicted molar refractivity (Wildman–Crippen MR) is 103 cm³/mol. The number of para-hydroxylation sites is 1. The van der Waals surface area contributed by atoms with Gasteiger partial charge in [-0.05, 0) is 49.7 Å². The minimum absolute atomic E-state index is 0.384. The molecule has 0 radical (unpaired) electrons. The number of ether oxygens (including phenoxy) is 2. The van der Waals surface area contributed by atoms with Crippen molar-refractivity contribution in [3.63, 3.8) is 0 Å². The van der Waals surface area contributed by atoms with E-state index in [1.807, 2.05) is 26.1 Å². The molecule has 0 aromatic heterocycles. The number of benzene rings is 1. The molecule has 0 heterocycles. The molecule has 1 saturated carbocycles. The van der Waals surface area contributed by atoms with Gasteiger partial charge in [0, 0.05) is 33.9 Å². The molecular formula is C20H33N3O2. The number of aliphatic imine (C=N–C) groups is 1. The number of hydrogen-bond acceptors (Lipinski definition) is 3. The molecule has 0 amide bonds. The van der Waals surface area contributed by atoms with E-state index in [0.29, 0.717) is 12.0 Å². The van der Waals surface area contributed by atoms with Crippen LogP contribution in [0.15, 0.2) is 29.3 Å². The third-order valence-electron chi connectivity index (χ3n) is 5.06. The second-order valence-corrected chi connectivity index (χ2v) is 6.74. The maximum atomic E-state index is 5.69. The Bertz CT molecular complexity index is 541. The molecule has 1 aromatic rings. The SMILES string of the molecule is CCOc1ccccc1CCNC(=NC)NCC1(CCOC)CCC1. The summed E-state index contributed by atoms with van der Waals surface area (Å²) in [5, 5.41) is 6.92. The van der Waals surface area contributed by atoms with Gasteiger partial charge in [-0.2, -0.15) is 0 Å². The van der Waals surface area contributed by atoms with E-state index in [4.69, 9.17) is 9.47 Å². The highest BCUT2D eigenvalue weighted by atomic mass is 16.5. The first kappa shape index (κ1) is 19.6. The molecule has 5 heteroatoms. The Labute approximate surface area is 152 Å². The largest absolute Gasteiger partial charge is 0.494 e. The number of rotatable bonds is 10. The van der Waals surface area contributed by atoms with Crippen molar-refractivity contribution in [3.05, 3.63) is 29.8 Å². The fraction of sp³-hybridized carbons (Fsp3) is 0.650. The van der Waals surface area contributed by atoms with Gasteiger partial charge in [-0.1, -0.05) is 24.6 Å². The molecule has 1 aliphatic carbocycles. The summed E-state index contributed by atoms with van der Waals surface area (Å²) in [6.45, 7) is 5.33. The molecule has 140 valence electrons. The maximum absolute atomic E-state index is 5.69. The van der Waals surface area contributed by atoms with E-state index < -0.39 is 0 Å². The first-order valence-electron chi connectivity index (χ1n) is 9.37. The minimum atomic E-state index is 0.384. The van der Waals surface area contributed by atoms with Crippen LogP contribution >= 0.6 is 0 Å². The van der Waals surface area contributed by atoms with Crippen LogP contribution in [-0.2, 0) is 11.2 Å². The van der Waals surface area contributed by atoms with Crippen molar-refractivity contribution < 1.29 is 9.47 Å². The molecular weight excluding hydrogens is 314 g/mol. The summed E-state index contributed by atoms with van der Waals surface area (Å²) < 4.78 is 11.0. The molecule has 1 fully saturated rings. The standard InChI is InChI=1S/C20H33N3O2/c1-4-25-18-9-6-5-8-17(18)10-14-22-19(21-2)23-16-20(11-7-12-20)13-15-24-3/h5-6,8-9H,4,7,10-16H2,1-3H3,(H2,21,22,23). The number of guanidine groups is 1. The Balaban J connectivity index is 1.77. The lowest BCUT2D eigenvalue weighted by atomic mass is 9.67. The van der Waals surface area contributed by atoms with Crippen molar-refractivity contribution in [2.75, 3.05) is 40.5 Å². The van der Waals surface area contributed by atoms with Gasteiger partial charge in [-0.15, -0.1) is 0 Å². The van der Waals surface area contributed by atoms with Crippen LogP contribution in [0.3, 0.4) is 0 Å². The van der Waals surface area contributed by atoms with Crippen molar-refractivity contribution in [1.82, 2.24) is 10.6 Å². The fourth-order valence-corrected chi connectivity index (χ4v) is 3.32. The molecule has 0 spiro atoms. The van der Waals surface area contributed by atoms with Crippen molar-refractivity contribution in [2.24, 2.45) is 10.4 Å². The molecule has 1 aliphatic rings. The van der Waals surface area contributed by atoms with Gasteiger partial charge in [0.05, 0.1) is 6.61 Å². The summed E-state index contributed by atoms with van der Waals surface area (Å²) in [4.78, 5) is 4.35. The summed E-state index contributed by atoms with van der Waals surface area (Å²) in [5.74, 6) is 1.85. The van der Waals surface area contributed by atoms with Gasteiger partial charge in [-0.3, -0.25) is 4.99 Å². The third-order valence-corrected chi connectivity index (χ3v) is 5.06. The van der Waals surface area contributed by atoms with E-state index in [1.54, 1.807) is 7.11 Å². The summed E-state index contributed by atoms with van der Waals surface area (Å²) in [7, 11) is 3.60. The molecule has 0 bridgehead atoms. The van der Waals surface area contributed by atoms with Crippen molar-refractivity contribution in [3.8, 4) is 5.75 Å². The summed E-state index contributed by atoms with van der Waals surface area (Å²) in [6, 6.07) is 8.22. The van der Waals surface area contributed by atoms with Crippen LogP contribution < -0.4 is 15.4 Å². The van der Waals surface area contributed by atoms with Gasteiger partial charge in [0.25, 0.3) is 0 Å². The first-order valence-corrected chi connectivity index (χ1v) is 9.37. The highest BCUT2D eigenvalue weighted by molar-refractivity contribution is 5.79. The topological polar surface area (TPSA) is 54.9 Å². The lowest BCUT2D eigenvalue weighted by Gasteiger charge is -2.42. The van der Waals surface area contributed by atoms with E-state index >= 15 is 0 Å². The Kier molecular flexibility index (Phi) is 8.06. The fourth-order valence-electron chi connectivity index (χ4n) is 3.32. The highest BCUT2D eigenvalue weighted by Gasteiger charge is 2.36. The van der Waals surface area contributed by atoms with E-state index in [1.165, 1.54) is 24.8 Å². The number of hydrogen-bond donors (Lipinski definition) is 2. The van der Waals surface area contributed by atoms with Crippen LogP contribution in [-0.4, -0.2) is 46.4 Å². The normalized spacial score (nSPS) is 16.2. The third kappa shape index (κ3) is 5.92. The van der Waals surface area contributed by atoms with E-state index in [-0.39, 0.29) is 0 Å². The van der Waals surface area contributed by atoms with Crippen molar-refractivity contribution >= 4 is 5.96 Å². The highest BCUT2D eigenvalue weighted by Crippen LogP contribution is 2.43. The number of nitrogens with one attached hydrogen (secondary N) is 2. The van der Waals surface area contributed by atoms with Crippen LogP contribution in [0.4, 0.5) is 0 Å². The molecule has 0 atom stereocenters. The van der Waals surface area contributed by atoms with Crippen LogP contribution in [0.25, 0.3) is 0 Å². The average Bonchev–Trinajstić information content (AvgIpc) is 2.60. The Hall–Kier alpha value is -1.75. The van der Waals surface area contributed by atoms with Gasteiger partial charge in [0.2, 0.25) is 0 Å². The van der Waals surface area contributed by atoms with Crippen LogP contribution in [0.2, 0.25) is 0 Å². The first-order chi connectivity index (χ1) is 12.2. The van der Waals surface area contributed by atoms with Gasteiger partial charge in [0.15, 0.2) is 5.96 Å². The van der Waals surface area contributed by atoms with Crippen molar-refractivity contribution in [2.45, 2.75) is 39.0 Å². The van der Waals surface area contributed by atoms with E-state index in [2.05, 4.69) is 27.8 Å². The van der Waals surface area contributed by atoms with Crippen LogP contribution in [0.5, 0.6) is 5.75 Å². The minimum Gasteiger partial charge on any atom is -0.494 e. The van der Waals surface area contributed by atoms with Crippen LogP contribution in [0.1, 0.15) is 38.2 Å². The summed E-state index contributed by atoms with van der Waals surface area (Å²) >= 11 is 0. The lowest BCUT2D eigenvalue weighted by molar-refractivity contribution is 0.0732. The van der Waals surface area contributed by atoms with Gasteiger partial charge in [-0.25, -0.2) is 0 Å². The van der Waals surface area contributed by atoms with E-state index in [0.717, 1.165) is 44.2 Å². The number of methoxy groups -OCH3 is 1. The zero-order chi connectivity index (χ0) is 18.0. The molecule has 2 N–H and O–H groups in total. The molecule has 0 unspecified atom stereocenters. The average molecular weight is 348 g/mol. The van der Waals surface area contributed by atoms with Crippen molar-refractivity contribution in [1.29, 1.82) is 0 Å². The number of nitrogens with zero attached hydrogens (tertiary/aromatic N) is 1.